The molecule has 0 aliphatic carbocycles. The van der Waals surface area contributed by atoms with Gasteiger partial charge in [-0.1, -0.05) is 5.16 Å². The Morgan fingerprint density at radius 2 is 2.32 bits per heavy atom. The van der Waals surface area contributed by atoms with Gasteiger partial charge in [0.2, 0.25) is 0 Å². The van der Waals surface area contributed by atoms with E-state index in [1.165, 1.54) is 0 Å². The fourth-order valence-electron chi connectivity index (χ4n) is 3.49. The van der Waals surface area contributed by atoms with Gasteiger partial charge in [0.25, 0.3) is 5.91 Å². The van der Waals surface area contributed by atoms with Crippen molar-refractivity contribution >= 4 is 5.91 Å². The smallest absolute Gasteiger partial charge is 0.276 e. The molecule has 3 rings (SSSR count). The van der Waals surface area contributed by atoms with E-state index in [1.54, 1.807) is 17.9 Å². The molecule has 2 unspecified atom stereocenters. The monoisotopic (exact) mass is 351 g/mol. The molecule has 140 valence electrons. The molecule has 25 heavy (non-hydrogen) atoms. The van der Waals surface area contributed by atoms with Gasteiger partial charge in [0.1, 0.15) is 11.4 Å². The van der Waals surface area contributed by atoms with Crippen molar-refractivity contribution < 1.29 is 18.8 Å². The predicted octanol–water partition coefficient (Wildman–Crippen LogP) is 1.71. The van der Waals surface area contributed by atoms with Crippen LogP contribution >= 0.6 is 0 Å². The first kappa shape index (κ1) is 18.4. The van der Waals surface area contributed by atoms with Gasteiger partial charge >= 0.3 is 0 Å². The highest BCUT2D eigenvalue weighted by atomic mass is 16.6. The molecule has 2 fully saturated rings. The Morgan fingerprint density at radius 3 is 3.00 bits per heavy atom. The summed E-state index contributed by atoms with van der Waals surface area (Å²) in [6.07, 6.45) is 2.08. The third-order valence-corrected chi connectivity index (χ3v) is 5.20. The number of hydrogen-bond acceptors (Lipinski definition) is 6. The summed E-state index contributed by atoms with van der Waals surface area (Å²) in [5.41, 5.74) is -0.0587. The summed E-state index contributed by atoms with van der Waals surface area (Å²) in [5, 5.41) is 3.86. The maximum Gasteiger partial charge on any atom is 0.276 e. The molecule has 0 bridgehead atoms. The van der Waals surface area contributed by atoms with Crippen molar-refractivity contribution in [2.24, 2.45) is 0 Å². The van der Waals surface area contributed by atoms with Gasteiger partial charge in [-0.15, -0.1) is 0 Å². The van der Waals surface area contributed by atoms with E-state index < -0.39 is 5.60 Å². The molecular weight excluding hydrogens is 322 g/mol. The summed E-state index contributed by atoms with van der Waals surface area (Å²) in [6.45, 7) is 9.19. The number of amides is 1. The molecular formula is C18H29N3O4. The van der Waals surface area contributed by atoms with E-state index in [0.29, 0.717) is 43.8 Å². The number of carbonyl (C=O) groups is 1. The summed E-state index contributed by atoms with van der Waals surface area (Å²) in [5.74, 6) is 0.520. The Labute approximate surface area is 149 Å². The Hall–Kier alpha value is -1.44. The van der Waals surface area contributed by atoms with Gasteiger partial charge in [0.05, 0.1) is 25.9 Å². The lowest BCUT2D eigenvalue weighted by Crippen LogP contribution is -2.47. The molecule has 7 heteroatoms. The van der Waals surface area contributed by atoms with Crippen LogP contribution < -0.4 is 0 Å². The van der Waals surface area contributed by atoms with E-state index in [0.717, 1.165) is 19.4 Å². The maximum absolute atomic E-state index is 12.7. The molecule has 3 heterocycles. The standard InChI is InChI=1S/C18H29N3O4/c1-13(2)20(4)10-15-5-6-18(24-15)11-21(7-8-23-12-18)17(22)16-9-14(3)25-19-16/h9,13,15H,5-8,10-12H2,1-4H3. The zero-order chi connectivity index (χ0) is 18.0. The van der Waals surface area contributed by atoms with E-state index >= 15 is 0 Å². The van der Waals surface area contributed by atoms with Crippen LogP contribution in [0.5, 0.6) is 0 Å². The van der Waals surface area contributed by atoms with Crippen molar-refractivity contribution in [1.29, 1.82) is 0 Å². The van der Waals surface area contributed by atoms with Crippen LogP contribution in [0.25, 0.3) is 0 Å². The van der Waals surface area contributed by atoms with Crippen LogP contribution in [0.4, 0.5) is 0 Å². The second-order valence-corrected chi connectivity index (χ2v) is 7.60. The lowest BCUT2D eigenvalue weighted by molar-refractivity contribution is -0.0901. The molecule has 2 aliphatic rings. The molecule has 2 saturated heterocycles. The van der Waals surface area contributed by atoms with Gasteiger partial charge in [-0.05, 0) is 40.7 Å². The SMILES string of the molecule is Cc1cc(C(=O)N2CCOCC3(CCC(CN(C)C(C)C)O3)C2)no1. The van der Waals surface area contributed by atoms with E-state index in [9.17, 15) is 4.79 Å². The van der Waals surface area contributed by atoms with E-state index in [1.807, 2.05) is 0 Å². The van der Waals surface area contributed by atoms with E-state index in [4.69, 9.17) is 14.0 Å². The molecule has 1 spiro atoms. The van der Waals surface area contributed by atoms with Crippen molar-refractivity contribution in [3.63, 3.8) is 0 Å². The number of likely N-dealkylation sites (N-methyl/N-ethyl adjacent to an activating group) is 1. The third-order valence-electron chi connectivity index (χ3n) is 5.20. The average molecular weight is 351 g/mol. The minimum atomic E-state index is -0.409. The fraction of sp³-hybridized carbons (Fsp3) is 0.778. The maximum atomic E-state index is 12.7. The molecule has 2 atom stereocenters. The van der Waals surface area contributed by atoms with Crippen LogP contribution in [-0.2, 0) is 9.47 Å². The molecule has 0 aromatic carbocycles. The van der Waals surface area contributed by atoms with Gasteiger partial charge < -0.3 is 23.8 Å². The minimum Gasteiger partial charge on any atom is -0.377 e. The molecule has 2 aliphatic heterocycles. The molecule has 0 saturated carbocycles. The largest absolute Gasteiger partial charge is 0.377 e. The van der Waals surface area contributed by atoms with Crippen molar-refractivity contribution in [2.45, 2.75) is 51.4 Å². The molecule has 1 amide bonds. The van der Waals surface area contributed by atoms with Gasteiger partial charge in [-0.25, -0.2) is 0 Å². The summed E-state index contributed by atoms with van der Waals surface area (Å²) in [6, 6.07) is 2.16. The quantitative estimate of drug-likeness (QED) is 0.823. The zero-order valence-electron chi connectivity index (χ0n) is 15.7. The van der Waals surface area contributed by atoms with Crippen molar-refractivity contribution in [1.82, 2.24) is 15.0 Å². The molecule has 7 nitrogen and oxygen atoms in total. The number of aryl methyl sites for hydroxylation is 1. The van der Waals surface area contributed by atoms with Gasteiger partial charge in [-0.3, -0.25) is 4.79 Å². The predicted molar refractivity (Wildman–Crippen MR) is 92.6 cm³/mol. The number of hydrogen-bond donors (Lipinski definition) is 0. The highest BCUT2D eigenvalue weighted by molar-refractivity contribution is 5.92. The van der Waals surface area contributed by atoms with Gasteiger partial charge in [0, 0.05) is 25.2 Å². The fourth-order valence-corrected chi connectivity index (χ4v) is 3.49. The normalized spacial score (nSPS) is 27.4. The van der Waals surface area contributed by atoms with Crippen LogP contribution in [-0.4, -0.2) is 78.5 Å². The first-order chi connectivity index (χ1) is 11.9. The second-order valence-electron chi connectivity index (χ2n) is 7.60. The molecule has 1 aromatic rings. The van der Waals surface area contributed by atoms with Crippen LogP contribution in [0.1, 0.15) is 42.9 Å². The van der Waals surface area contributed by atoms with E-state index in [-0.39, 0.29) is 12.0 Å². The lowest BCUT2D eigenvalue weighted by atomic mass is 10.00. The first-order valence-electron chi connectivity index (χ1n) is 9.07. The number of rotatable bonds is 4. The number of ether oxygens (including phenoxy) is 2. The topological polar surface area (TPSA) is 68.0 Å². The lowest BCUT2D eigenvalue weighted by Gasteiger charge is -2.32. The molecule has 0 N–H and O–H groups in total. The Morgan fingerprint density at radius 1 is 1.52 bits per heavy atom. The highest BCUT2D eigenvalue weighted by Gasteiger charge is 2.44. The van der Waals surface area contributed by atoms with Crippen LogP contribution in [0.3, 0.4) is 0 Å². The van der Waals surface area contributed by atoms with E-state index in [2.05, 4.69) is 31.0 Å². The first-order valence-corrected chi connectivity index (χ1v) is 9.07. The summed E-state index contributed by atoms with van der Waals surface area (Å²) in [4.78, 5) is 16.8. The summed E-state index contributed by atoms with van der Waals surface area (Å²) < 4.78 is 17.2. The summed E-state index contributed by atoms with van der Waals surface area (Å²) in [7, 11) is 2.12. The van der Waals surface area contributed by atoms with Gasteiger partial charge in [-0.2, -0.15) is 0 Å². The molecule has 0 radical (unpaired) electrons. The van der Waals surface area contributed by atoms with Crippen LogP contribution in [0.15, 0.2) is 10.6 Å². The molecule has 1 aromatic heterocycles. The van der Waals surface area contributed by atoms with Crippen molar-refractivity contribution in [3.8, 4) is 0 Å². The van der Waals surface area contributed by atoms with Crippen molar-refractivity contribution in [3.05, 3.63) is 17.5 Å². The Balaban J connectivity index is 1.67. The zero-order valence-corrected chi connectivity index (χ0v) is 15.7. The number of nitrogens with zero attached hydrogens (tertiary/aromatic N) is 3. The minimum absolute atomic E-state index is 0.118. The Kier molecular flexibility index (Phi) is 5.46. The highest BCUT2D eigenvalue weighted by Crippen LogP contribution is 2.33. The van der Waals surface area contributed by atoms with Crippen molar-refractivity contribution in [2.75, 3.05) is 39.9 Å². The summed E-state index contributed by atoms with van der Waals surface area (Å²) >= 11 is 0. The van der Waals surface area contributed by atoms with Crippen LogP contribution in [0.2, 0.25) is 0 Å². The third kappa shape index (κ3) is 4.22. The van der Waals surface area contributed by atoms with Gasteiger partial charge in [0.15, 0.2) is 5.69 Å². The Bertz CT molecular complexity index is 603. The number of carbonyl (C=O) groups excluding carboxylic acids is 1. The van der Waals surface area contributed by atoms with Crippen LogP contribution in [0, 0.1) is 6.92 Å². The average Bonchev–Trinajstić information content (AvgIpc) is 3.10. The second kappa shape index (κ2) is 7.43. The number of aromatic nitrogens is 1.